The van der Waals surface area contributed by atoms with Crippen LogP contribution in [0, 0.1) is 5.92 Å². The molecule has 0 saturated carbocycles. The summed E-state index contributed by atoms with van der Waals surface area (Å²) < 4.78 is 0. The third-order valence-corrected chi connectivity index (χ3v) is 5.18. The molecule has 0 aliphatic carbocycles. The zero-order chi connectivity index (χ0) is 20.8. The van der Waals surface area contributed by atoms with Gasteiger partial charge in [0.15, 0.2) is 0 Å². The predicted molar refractivity (Wildman–Crippen MR) is 113 cm³/mol. The molecule has 0 fully saturated rings. The number of benzene rings is 2. The van der Waals surface area contributed by atoms with E-state index in [-0.39, 0.29) is 11.7 Å². The second kappa shape index (κ2) is 9.32. The van der Waals surface area contributed by atoms with Crippen LogP contribution in [0.4, 0.5) is 0 Å². The maximum absolute atomic E-state index is 11.8. The summed E-state index contributed by atoms with van der Waals surface area (Å²) >= 11 is 0. The lowest BCUT2D eigenvalue weighted by atomic mass is 9.98. The zero-order valence-electron chi connectivity index (χ0n) is 16.8. The molecule has 0 aliphatic rings. The van der Waals surface area contributed by atoms with Gasteiger partial charge in [-0.3, -0.25) is 4.79 Å². The number of aromatic carboxylic acids is 1. The van der Waals surface area contributed by atoms with E-state index in [0.717, 1.165) is 41.1 Å². The van der Waals surface area contributed by atoms with Crippen LogP contribution in [-0.2, 0) is 24.1 Å². The van der Waals surface area contributed by atoms with Crippen LogP contribution in [0.25, 0.3) is 11.1 Å². The van der Waals surface area contributed by atoms with Gasteiger partial charge in [-0.25, -0.2) is 9.78 Å². The highest BCUT2D eigenvalue weighted by Crippen LogP contribution is 2.24. The number of rotatable bonds is 9. The standard InChI is InChI=1S/C24H26N2O3/c1-3-22(27)16(2)14-19-15-25-23(26-19)13-10-17-8-11-18(12-9-17)20-6-4-5-7-21(20)24(28)29/h4-9,11-12,15-16H,3,10,13-14H2,1-2H3,(H,25,26)(H,28,29). The summed E-state index contributed by atoms with van der Waals surface area (Å²) in [5.74, 6) is 0.268. The molecule has 1 heterocycles. The molecule has 3 aromatic rings. The largest absolute Gasteiger partial charge is 0.478 e. The summed E-state index contributed by atoms with van der Waals surface area (Å²) in [7, 11) is 0. The Morgan fingerprint density at radius 2 is 1.79 bits per heavy atom. The van der Waals surface area contributed by atoms with Crippen molar-refractivity contribution in [3.05, 3.63) is 77.4 Å². The van der Waals surface area contributed by atoms with E-state index in [4.69, 9.17) is 0 Å². The van der Waals surface area contributed by atoms with Crippen molar-refractivity contribution in [2.45, 2.75) is 39.5 Å². The number of nitrogens with zero attached hydrogens (tertiary/aromatic N) is 1. The highest BCUT2D eigenvalue weighted by atomic mass is 16.4. The van der Waals surface area contributed by atoms with Crippen molar-refractivity contribution in [3.63, 3.8) is 0 Å². The van der Waals surface area contributed by atoms with Gasteiger partial charge in [0.25, 0.3) is 0 Å². The minimum atomic E-state index is -0.923. The van der Waals surface area contributed by atoms with Gasteiger partial charge in [0.05, 0.1) is 5.56 Å². The molecule has 0 bridgehead atoms. The average molecular weight is 390 g/mol. The first-order chi connectivity index (χ1) is 14.0. The number of ketones is 1. The third-order valence-electron chi connectivity index (χ3n) is 5.18. The highest BCUT2D eigenvalue weighted by molar-refractivity contribution is 5.96. The summed E-state index contributed by atoms with van der Waals surface area (Å²) in [6.45, 7) is 3.85. The summed E-state index contributed by atoms with van der Waals surface area (Å²) in [5, 5.41) is 9.36. The van der Waals surface area contributed by atoms with Crippen LogP contribution in [-0.4, -0.2) is 26.8 Å². The Morgan fingerprint density at radius 3 is 2.48 bits per heavy atom. The fourth-order valence-corrected chi connectivity index (χ4v) is 3.46. The minimum Gasteiger partial charge on any atom is -0.478 e. The van der Waals surface area contributed by atoms with Crippen LogP contribution >= 0.6 is 0 Å². The monoisotopic (exact) mass is 390 g/mol. The summed E-state index contributed by atoms with van der Waals surface area (Å²) in [6, 6.07) is 15.0. The lowest BCUT2D eigenvalue weighted by molar-refractivity contribution is -0.122. The first-order valence-corrected chi connectivity index (χ1v) is 9.95. The van der Waals surface area contributed by atoms with E-state index in [1.54, 1.807) is 12.1 Å². The molecule has 0 radical (unpaired) electrons. The average Bonchev–Trinajstić information content (AvgIpc) is 3.19. The van der Waals surface area contributed by atoms with Crippen LogP contribution < -0.4 is 0 Å². The molecule has 29 heavy (non-hydrogen) atoms. The Labute approximate surface area is 170 Å². The fourth-order valence-electron chi connectivity index (χ4n) is 3.46. The Morgan fingerprint density at radius 1 is 1.07 bits per heavy atom. The smallest absolute Gasteiger partial charge is 0.336 e. The van der Waals surface area contributed by atoms with Gasteiger partial charge in [0, 0.05) is 30.7 Å². The van der Waals surface area contributed by atoms with Crippen LogP contribution in [0.5, 0.6) is 0 Å². The Balaban J connectivity index is 1.62. The number of imidazole rings is 1. The van der Waals surface area contributed by atoms with Gasteiger partial charge in [-0.2, -0.15) is 0 Å². The van der Waals surface area contributed by atoms with Crippen LogP contribution in [0.2, 0.25) is 0 Å². The van der Waals surface area contributed by atoms with Gasteiger partial charge >= 0.3 is 5.97 Å². The number of carbonyl (C=O) groups is 2. The normalized spacial score (nSPS) is 11.9. The Hall–Kier alpha value is -3.21. The lowest BCUT2D eigenvalue weighted by Gasteiger charge is -2.07. The minimum absolute atomic E-state index is 0.00882. The van der Waals surface area contributed by atoms with Crippen molar-refractivity contribution in [2.24, 2.45) is 5.92 Å². The van der Waals surface area contributed by atoms with E-state index in [1.165, 1.54) is 0 Å². The molecule has 0 aliphatic heterocycles. The summed E-state index contributed by atoms with van der Waals surface area (Å²) in [6.07, 6.45) is 4.69. The molecule has 0 spiro atoms. The number of Topliss-reactive ketones (excluding diaryl/α,β-unsaturated/α-hetero) is 1. The molecule has 5 nitrogen and oxygen atoms in total. The molecule has 5 heteroatoms. The van der Waals surface area contributed by atoms with Crippen molar-refractivity contribution in [3.8, 4) is 11.1 Å². The van der Waals surface area contributed by atoms with Gasteiger partial charge in [-0.05, 0) is 35.6 Å². The first kappa shape index (κ1) is 20.5. The van der Waals surface area contributed by atoms with E-state index in [0.29, 0.717) is 18.4 Å². The highest BCUT2D eigenvalue weighted by Gasteiger charge is 2.13. The first-order valence-electron chi connectivity index (χ1n) is 9.95. The number of carboxylic acids is 1. The quantitative estimate of drug-likeness (QED) is 0.554. The summed E-state index contributed by atoms with van der Waals surface area (Å²) in [5.41, 5.74) is 4.07. The van der Waals surface area contributed by atoms with E-state index in [2.05, 4.69) is 9.97 Å². The molecule has 1 unspecified atom stereocenters. The predicted octanol–water partition coefficient (Wildman–Crippen LogP) is 4.72. The number of aromatic amines is 1. The maximum Gasteiger partial charge on any atom is 0.336 e. The van der Waals surface area contributed by atoms with Gasteiger partial charge in [-0.15, -0.1) is 0 Å². The summed E-state index contributed by atoms with van der Waals surface area (Å²) in [4.78, 5) is 30.9. The number of carboxylic acid groups (broad SMARTS) is 1. The van der Waals surface area contributed by atoms with Crippen molar-refractivity contribution in [1.29, 1.82) is 0 Å². The molecule has 0 saturated heterocycles. The Bertz CT molecular complexity index is 989. The van der Waals surface area contributed by atoms with Crippen LogP contribution in [0.3, 0.4) is 0 Å². The number of aryl methyl sites for hydroxylation is 2. The van der Waals surface area contributed by atoms with E-state index in [9.17, 15) is 14.7 Å². The molecule has 1 aromatic heterocycles. The topological polar surface area (TPSA) is 83.1 Å². The van der Waals surface area contributed by atoms with Gasteiger partial charge in [0.2, 0.25) is 0 Å². The third kappa shape index (κ3) is 5.19. The molecular weight excluding hydrogens is 364 g/mol. The van der Waals surface area contributed by atoms with Crippen LogP contribution in [0.1, 0.15) is 47.7 Å². The van der Waals surface area contributed by atoms with Crippen molar-refractivity contribution >= 4 is 11.8 Å². The Kier molecular flexibility index (Phi) is 6.60. The maximum atomic E-state index is 11.8. The number of aromatic nitrogens is 2. The molecule has 3 rings (SSSR count). The molecule has 150 valence electrons. The van der Waals surface area contributed by atoms with Gasteiger partial charge < -0.3 is 10.1 Å². The molecule has 2 aromatic carbocycles. The fraction of sp³-hybridized carbons (Fsp3) is 0.292. The van der Waals surface area contributed by atoms with E-state index < -0.39 is 5.97 Å². The second-order valence-corrected chi connectivity index (χ2v) is 7.33. The number of nitrogens with one attached hydrogen (secondary N) is 1. The van der Waals surface area contributed by atoms with Gasteiger partial charge in [-0.1, -0.05) is 56.3 Å². The van der Waals surface area contributed by atoms with Crippen molar-refractivity contribution < 1.29 is 14.7 Å². The van der Waals surface area contributed by atoms with Gasteiger partial charge in [0.1, 0.15) is 11.6 Å². The van der Waals surface area contributed by atoms with Crippen molar-refractivity contribution in [2.75, 3.05) is 0 Å². The lowest BCUT2D eigenvalue weighted by Crippen LogP contribution is -2.12. The number of hydrogen-bond acceptors (Lipinski definition) is 3. The second-order valence-electron chi connectivity index (χ2n) is 7.33. The number of hydrogen-bond donors (Lipinski definition) is 2. The van der Waals surface area contributed by atoms with Crippen LogP contribution in [0.15, 0.2) is 54.7 Å². The number of H-pyrrole nitrogens is 1. The van der Waals surface area contributed by atoms with E-state index in [1.807, 2.05) is 56.4 Å². The molecular formula is C24H26N2O3. The molecule has 2 N–H and O–H groups in total. The van der Waals surface area contributed by atoms with Crippen molar-refractivity contribution in [1.82, 2.24) is 9.97 Å². The number of carbonyl (C=O) groups excluding carboxylic acids is 1. The molecule has 1 atom stereocenters. The zero-order valence-corrected chi connectivity index (χ0v) is 16.8. The van der Waals surface area contributed by atoms with E-state index >= 15 is 0 Å². The SMILES string of the molecule is CCC(=O)C(C)Cc1cnc(CCc2ccc(-c3ccccc3C(=O)O)cc2)[nH]1. The molecule has 0 amide bonds.